The van der Waals surface area contributed by atoms with Crippen LogP contribution in [0.15, 0.2) is 53.0 Å². The van der Waals surface area contributed by atoms with E-state index in [0.29, 0.717) is 5.56 Å². The fraction of sp³-hybridized carbons (Fsp3) is 0.333. The van der Waals surface area contributed by atoms with Crippen LogP contribution in [0, 0.1) is 12.8 Å². The van der Waals surface area contributed by atoms with Crippen LogP contribution in [0.25, 0.3) is 0 Å². The van der Waals surface area contributed by atoms with E-state index in [2.05, 4.69) is 26.6 Å². The molecule has 2 rings (SSSR count). The molecule has 2 aromatic carbocycles. The van der Waals surface area contributed by atoms with Crippen LogP contribution in [0.2, 0.25) is 0 Å². The predicted octanol–water partition coefficient (Wildman–Crippen LogP) is 4.39. The van der Waals surface area contributed by atoms with E-state index in [0.717, 1.165) is 15.6 Å². The number of carbonyl (C=O) groups is 2. The zero-order valence-corrected chi connectivity index (χ0v) is 17.1. The van der Waals surface area contributed by atoms with Gasteiger partial charge in [0.2, 0.25) is 5.91 Å². The van der Waals surface area contributed by atoms with Crippen molar-refractivity contribution < 1.29 is 9.59 Å². The van der Waals surface area contributed by atoms with Crippen molar-refractivity contribution in [2.24, 2.45) is 5.92 Å². The molecule has 0 bridgehead atoms. The van der Waals surface area contributed by atoms with Crippen molar-refractivity contribution in [1.29, 1.82) is 0 Å². The monoisotopic (exact) mass is 416 g/mol. The molecule has 0 heterocycles. The predicted molar refractivity (Wildman–Crippen MR) is 108 cm³/mol. The fourth-order valence-corrected chi connectivity index (χ4v) is 2.87. The van der Waals surface area contributed by atoms with E-state index >= 15 is 0 Å². The van der Waals surface area contributed by atoms with Gasteiger partial charge in [0.1, 0.15) is 6.04 Å². The van der Waals surface area contributed by atoms with Gasteiger partial charge in [0, 0.05) is 10.0 Å². The van der Waals surface area contributed by atoms with Gasteiger partial charge >= 0.3 is 0 Å². The van der Waals surface area contributed by atoms with Crippen molar-refractivity contribution in [3.63, 3.8) is 0 Å². The standard InChI is InChI=1S/C21H25BrN2O2/c1-13(2)19(24-20(25)17-7-5-14(3)6-8-17)21(26)23-15(4)16-9-11-18(22)12-10-16/h5-13,15,19H,1-4H3,(H,23,26)(H,24,25)/t15?,19-/m0/s1. The Morgan fingerprint density at radius 2 is 1.46 bits per heavy atom. The van der Waals surface area contributed by atoms with Crippen molar-refractivity contribution in [3.8, 4) is 0 Å². The number of benzene rings is 2. The molecule has 0 radical (unpaired) electrons. The molecule has 0 fully saturated rings. The molecule has 2 N–H and O–H groups in total. The van der Waals surface area contributed by atoms with E-state index in [4.69, 9.17) is 0 Å². The average Bonchev–Trinajstić information content (AvgIpc) is 2.60. The van der Waals surface area contributed by atoms with Gasteiger partial charge in [-0.05, 0) is 49.6 Å². The summed E-state index contributed by atoms with van der Waals surface area (Å²) in [5.41, 5.74) is 2.65. The summed E-state index contributed by atoms with van der Waals surface area (Å²) in [6, 6.07) is 14.4. The van der Waals surface area contributed by atoms with Gasteiger partial charge in [-0.15, -0.1) is 0 Å². The van der Waals surface area contributed by atoms with Gasteiger partial charge in [-0.2, -0.15) is 0 Å². The zero-order chi connectivity index (χ0) is 19.3. The van der Waals surface area contributed by atoms with Crippen molar-refractivity contribution >= 4 is 27.7 Å². The lowest BCUT2D eigenvalue weighted by Gasteiger charge is -2.24. The lowest BCUT2D eigenvalue weighted by atomic mass is 10.0. The quantitative estimate of drug-likeness (QED) is 0.733. The lowest BCUT2D eigenvalue weighted by molar-refractivity contribution is -0.124. The maximum absolute atomic E-state index is 12.7. The van der Waals surface area contributed by atoms with Gasteiger partial charge in [-0.3, -0.25) is 9.59 Å². The molecule has 1 unspecified atom stereocenters. The first kappa shape index (κ1) is 20.2. The van der Waals surface area contributed by atoms with Crippen LogP contribution >= 0.6 is 15.9 Å². The Morgan fingerprint density at radius 3 is 2.00 bits per heavy atom. The summed E-state index contributed by atoms with van der Waals surface area (Å²) < 4.78 is 0.991. The van der Waals surface area contributed by atoms with E-state index < -0.39 is 6.04 Å². The van der Waals surface area contributed by atoms with Crippen molar-refractivity contribution in [2.75, 3.05) is 0 Å². The number of rotatable bonds is 6. The first-order valence-electron chi connectivity index (χ1n) is 8.71. The molecule has 0 aliphatic carbocycles. The zero-order valence-electron chi connectivity index (χ0n) is 15.5. The van der Waals surface area contributed by atoms with Crippen LogP contribution in [0.5, 0.6) is 0 Å². The number of hydrogen-bond donors (Lipinski definition) is 2. The molecule has 0 saturated heterocycles. The van der Waals surface area contributed by atoms with E-state index in [1.54, 1.807) is 12.1 Å². The van der Waals surface area contributed by atoms with Crippen LogP contribution in [0.4, 0.5) is 0 Å². The second kappa shape index (κ2) is 8.99. The van der Waals surface area contributed by atoms with Crippen LogP contribution in [0.1, 0.15) is 48.3 Å². The Bertz CT molecular complexity index is 755. The van der Waals surface area contributed by atoms with Gasteiger partial charge in [-0.1, -0.05) is 59.6 Å². The molecular formula is C21H25BrN2O2. The van der Waals surface area contributed by atoms with Crippen LogP contribution < -0.4 is 10.6 Å². The fourth-order valence-electron chi connectivity index (χ4n) is 2.60. The largest absolute Gasteiger partial charge is 0.348 e. The topological polar surface area (TPSA) is 58.2 Å². The Morgan fingerprint density at radius 1 is 0.885 bits per heavy atom. The van der Waals surface area contributed by atoms with Gasteiger partial charge < -0.3 is 10.6 Å². The molecule has 4 nitrogen and oxygen atoms in total. The minimum absolute atomic E-state index is 0.0264. The minimum Gasteiger partial charge on any atom is -0.348 e. The molecule has 0 aromatic heterocycles. The third kappa shape index (κ3) is 5.43. The highest BCUT2D eigenvalue weighted by Gasteiger charge is 2.26. The summed E-state index contributed by atoms with van der Waals surface area (Å²) in [4.78, 5) is 25.2. The molecule has 138 valence electrons. The first-order valence-corrected chi connectivity index (χ1v) is 9.50. The molecule has 5 heteroatoms. The molecule has 2 amide bonds. The van der Waals surface area contributed by atoms with E-state index in [9.17, 15) is 9.59 Å². The Hall–Kier alpha value is -2.14. The van der Waals surface area contributed by atoms with E-state index in [-0.39, 0.29) is 23.8 Å². The summed E-state index contributed by atoms with van der Waals surface area (Å²) in [6.45, 7) is 7.74. The minimum atomic E-state index is -0.596. The second-order valence-corrected chi connectivity index (χ2v) is 7.76. The number of amides is 2. The molecule has 0 saturated carbocycles. The highest BCUT2D eigenvalue weighted by atomic mass is 79.9. The Kier molecular flexibility index (Phi) is 6.98. The number of aryl methyl sites for hydroxylation is 1. The van der Waals surface area contributed by atoms with Gasteiger partial charge in [-0.25, -0.2) is 0 Å². The van der Waals surface area contributed by atoms with Crippen LogP contribution in [-0.2, 0) is 4.79 Å². The SMILES string of the molecule is Cc1ccc(C(=O)N[C@H](C(=O)NC(C)c2ccc(Br)cc2)C(C)C)cc1. The third-order valence-electron chi connectivity index (χ3n) is 4.28. The second-order valence-electron chi connectivity index (χ2n) is 6.84. The molecule has 0 aliphatic rings. The maximum Gasteiger partial charge on any atom is 0.251 e. The van der Waals surface area contributed by atoms with E-state index in [1.807, 2.05) is 64.1 Å². The molecule has 2 aromatic rings. The van der Waals surface area contributed by atoms with Crippen molar-refractivity contribution in [1.82, 2.24) is 10.6 Å². The molecular weight excluding hydrogens is 392 g/mol. The van der Waals surface area contributed by atoms with Gasteiger partial charge in [0.05, 0.1) is 6.04 Å². The van der Waals surface area contributed by atoms with E-state index in [1.165, 1.54) is 0 Å². The molecule has 0 spiro atoms. The number of carbonyl (C=O) groups excluding carboxylic acids is 2. The summed E-state index contributed by atoms with van der Waals surface area (Å²) in [6.07, 6.45) is 0. The summed E-state index contributed by atoms with van der Waals surface area (Å²) in [7, 11) is 0. The van der Waals surface area contributed by atoms with Gasteiger partial charge in [0.15, 0.2) is 0 Å². The lowest BCUT2D eigenvalue weighted by Crippen LogP contribution is -2.50. The van der Waals surface area contributed by atoms with Crippen LogP contribution in [-0.4, -0.2) is 17.9 Å². The average molecular weight is 417 g/mol. The summed E-state index contributed by atoms with van der Waals surface area (Å²) in [5, 5.41) is 5.85. The van der Waals surface area contributed by atoms with Crippen molar-refractivity contribution in [3.05, 3.63) is 69.7 Å². The number of halogens is 1. The highest BCUT2D eigenvalue weighted by Crippen LogP contribution is 2.17. The first-order chi connectivity index (χ1) is 12.3. The Balaban J connectivity index is 2.05. The molecule has 26 heavy (non-hydrogen) atoms. The Labute approximate surface area is 163 Å². The smallest absolute Gasteiger partial charge is 0.251 e. The normalized spacial score (nSPS) is 13.2. The number of hydrogen-bond acceptors (Lipinski definition) is 2. The molecule has 0 aliphatic heterocycles. The van der Waals surface area contributed by atoms with Crippen molar-refractivity contribution in [2.45, 2.75) is 39.8 Å². The van der Waals surface area contributed by atoms with Crippen LogP contribution in [0.3, 0.4) is 0 Å². The summed E-state index contributed by atoms with van der Waals surface area (Å²) >= 11 is 3.41. The highest BCUT2D eigenvalue weighted by molar-refractivity contribution is 9.10. The number of nitrogens with one attached hydrogen (secondary N) is 2. The third-order valence-corrected chi connectivity index (χ3v) is 4.81. The summed E-state index contributed by atoms with van der Waals surface area (Å²) in [5.74, 6) is -0.451. The van der Waals surface area contributed by atoms with Gasteiger partial charge in [0.25, 0.3) is 5.91 Å². The molecule has 2 atom stereocenters. The maximum atomic E-state index is 12.7.